The van der Waals surface area contributed by atoms with E-state index < -0.39 is 0 Å². The molecule has 2 aromatic heterocycles. The zero-order valence-electron chi connectivity index (χ0n) is 12.9. The molecule has 0 aliphatic carbocycles. The highest BCUT2D eigenvalue weighted by atomic mass is 35.5. The predicted molar refractivity (Wildman–Crippen MR) is 95.4 cm³/mol. The van der Waals surface area contributed by atoms with Crippen LogP contribution < -0.4 is 4.74 Å². The second-order valence-corrected chi connectivity index (χ2v) is 7.19. The average molecular weight is 345 g/mol. The molecule has 0 fully saturated rings. The first-order valence-electron chi connectivity index (χ1n) is 7.64. The molecule has 1 aliphatic heterocycles. The SMILES string of the molecule is COc1ccc2cc(CN3CCc4sccc4C3)c(Cl)nc2c1. The number of ether oxygens (including phenoxy) is 1. The maximum atomic E-state index is 6.42. The Morgan fingerprint density at radius 1 is 1.30 bits per heavy atom. The van der Waals surface area contributed by atoms with E-state index in [-0.39, 0.29) is 0 Å². The quantitative estimate of drug-likeness (QED) is 0.653. The number of fused-ring (bicyclic) bond motifs is 2. The lowest BCUT2D eigenvalue weighted by atomic mass is 10.1. The molecule has 23 heavy (non-hydrogen) atoms. The van der Waals surface area contributed by atoms with E-state index in [1.807, 2.05) is 29.5 Å². The zero-order chi connectivity index (χ0) is 15.8. The van der Waals surface area contributed by atoms with E-state index in [2.05, 4.69) is 27.4 Å². The number of hydrogen-bond donors (Lipinski definition) is 0. The number of methoxy groups -OCH3 is 1. The summed E-state index contributed by atoms with van der Waals surface area (Å²) < 4.78 is 5.25. The number of thiophene rings is 1. The minimum atomic E-state index is 0.585. The lowest BCUT2D eigenvalue weighted by Gasteiger charge is -2.27. The summed E-state index contributed by atoms with van der Waals surface area (Å²) in [6.45, 7) is 2.91. The molecular formula is C18H17ClN2OS. The van der Waals surface area contributed by atoms with E-state index in [1.165, 1.54) is 10.4 Å². The molecule has 118 valence electrons. The van der Waals surface area contributed by atoms with Crippen molar-refractivity contribution in [1.29, 1.82) is 0 Å². The van der Waals surface area contributed by atoms with E-state index >= 15 is 0 Å². The molecule has 3 heterocycles. The van der Waals surface area contributed by atoms with E-state index in [0.29, 0.717) is 5.15 Å². The van der Waals surface area contributed by atoms with Crippen LogP contribution in [0.5, 0.6) is 5.75 Å². The van der Waals surface area contributed by atoms with Crippen LogP contribution in [-0.2, 0) is 19.5 Å². The molecule has 1 aliphatic rings. The summed E-state index contributed by atoms with van der Waals surface area (Å²) in [5, 5.41) is 3.87. The van der Waals surface area contributed by atoms with Crippen molar-refractivity contribution in [1.82, 2.24) is 9.88 Å². The fourth-order valence-corrected chi connectivity index (χ4v) is 4.18. The number of hydrogen-bond acceptors (Lipinski definition) is 4. The number of pyridine rings is 1. The van der Waals surface area contributed by atoms with Gasteiger partial charge in [-0.2, -0.15) is 0 Å². The maximum Gasteiger partial charge on any atom is 0.134 e. The Hall–Kier alpha value is -1.62. The van der Waals surface area contributed by atoms with Crippen molar-refractivity contribution in [2.75, 3.05) is 13.7 Å². The van der Waals surface area contributed by atoms with Crippen molar-refractivity contribution in [3.05, 3.63) is 56.9 Å². The van der Waals surface area contributed by atoms with Gasteiger partial charge in [-0.1, -0.05) is 11.6 Å². The number of rotatable bonds is 3. The predicted octanol–water partition coefficient (Wildman–Crippen LogP) is 4.52. The van der Waals surface area contributed by atoms with Crippen LogP contribution in [-0.4, -0.2) is 23.5 Å². The highest BCUT2D eigenvalue weighted by molar-refractivity contribution is 7.10. The molecule has 3 nitrogen and oxygen atoms in total. The van der Waals surface area contributed by atoms with Gasteiger partial charge < -0.3 is 4.74 Å². The first-order valence-corrected chi connectivity index (χ1v) is 8.89. The lowest BCUT2D eigenvalue weighted by molar-refractivity contribution is 0.247. The van der Waals surface area contributed by atoms with E-state index in [0.717, 1.165) is 48.3 Å². The van der Waals surface area contributed by atoms with Crippen LogP contribution in [0.15, 0.2) is 35.7 Å². The molecule has 0 unspecified atom stereocenters. The first-order chi connectivity index (χ1) is 11.2. The first kappa shape index (κ1) is 14.9. The Morgan fingerprint density at radius 2 is 2.22 bits per heavy atom. The van der Waals surface area contributed by atoms with Gasteiger partial charge in [0, 0.05) is 41.5 Å². The van der Waals surface area contributed by atoms with Crippen LogP contribution in [0.2, 0.25) is 5.15 Å². The summed E-state index contributed by atoms with van der Waals surface area (Å²) in [5.74, 6) is 0.801. The van der Waals surface area contributed by atoms with Gasteiger partial charge in [0.2, 0.25) is 0 Å². The van der Waals surface area contributed by atoms with Gasteiger partial charge in [0.05, 0.1) is 12.6 Å². The molecule has 0 bridgehead atoms. The third-order valence-corrected chi connectivity index (χ3v) is 5.68. The van der Waals surface area contributed by atoms with Crippen molar-refractivity contribution in [2.24, 2.45) is 0 Å². The van der Waals surface area contributed by atoms with Crippen LogP contribution in [0.1, 0.15) is 16.0 Å². The molecule has 5 heteroatoms. The topological polar surface area (TPSA) is 25.4 Å². The van der Waals surface area contributed by atoms with Gasteiger partial charge in [0.15, 0.2) is 0 Å². The molecule has 1 aromatic carbocycles. The van der Waals surface area contributed by atoms with Gasteiger partial charge in [-0.25, -0.2) is 4.98 Å². The molecule has 0 radical (unpaired) electrons. The van der Waals surface area contributed by atoms with E-state index in [4.69, 9.17) is 16.3 Å². The highest BCUT2D eigenvalue weighted by Gasteiger charge is 2.18. The molecule has 4 rings (SSSR count). The minimum Gasteiger partial charge on any atom is -0.497 e. The summed E-state index contributed by atoms with van der Waals surface area (Å²) in [7, 11) is 1.66. The Bertz CT molecular complexity index is 861. The van der Waals surface area contributed by atoms with Gasteiger partial charge in [0.25, 0.3) is 0 Å². The van der Waals surface area contributed by atoms with E-state index in [9.17, 15) is 0 Å². The van der Waals surface area contributed by atoms with Gasteiger partial charge in [0.1, 0.15) is 10.9 Å². The van der Waals surface area contributed by atoms with Gasteiger partial charge in [-0.15, -0.1) is 11.3 Å². The summed E-state index contributed by atoms with van der Waals surface area (Å²) in [6.07, 6.45) is 1.13. The summed E-state index contributed by atoms with van der Waals surface area (Å²) in [6, 6.07) is 10.3. The van der Waals surface area contributed by atoms with Crippen molar-refractivity contribution < 1.29 is 4.74 Å². The summed E-state index contributed by atoms with van der Waals surface area (Å²) in [4.78, 5) is 8.51. The van der Waals surface area contributed by atoms with Crippen LogP contribution >= 0.6 is 22.9 Å². The maximum absolute atomic E-state index is 6.42. The highest BCUT2D eigenvalue weighted by Crippen LogP contribution is 2.28. The van der Waals surface area contributed by atoms with Crippen LogP contribution in [0.25, 0.3) is 10.9 Å². The van der Waals surface area contributed by atoms with Crippen LogP contribution in [0.3, 0.4) is 0 Å². The standard InChI is InChI=1S/C18H17ClN2OS/c1-22-15-3-2-12-8-14(18(19)20-16(12)9-15)11-21-6-4-17-13(10-21)5-7-23-17/h2-3,5,7-9H,4,6,10-11H2,1H3. The normalized spacial score (nSPS) is 14.9. The number of benzene rings is 1. The molecular weight excluding hydrogens is 328 g/mol. The summed E-state index contributed by atoms with van der Waals surface area (Å²) in [5.41, 5.74) is 3.41. The number of halogens is 1. The third-order valence-electron chi connectivity index (χ3n) is 4.33. The Balaban J connectivity index is 1.60. The molecule has 3 aromatic rings. The third kappa shape index (κ3) is 2.94. The zero-order valence-corrected chi connectivity index (χ0v) is 14.5. The van der Waals surface area contributed by atoms with Crippen molar-refractivity contribution in [3.63, 3.8) is 0 Å². The van der Waals surface area contributed by atoms with Gasteiger partial charge in [-0.3, -0.25) is 4.90 Å². The smallest absolute Gasteiger partial charge is 0.134 e. The largest absolute Gasteiger partial charge is 0.497 e. The number of nitrogens with zero attached hydrogens (tertiary/aromatic N) is 2. The molecule has 0 amide bonds. The second kappa shape index (κ2) is 6.11. The molecule has 0 atom stereocenters. The Morgan fingerprint density at radius 3 is 3.09 bits per heavy atom. The van der Waals surface area contributed by atoms with Crippen molar-refractivity contribution >= 4 is 33.8 Å². The molecule has 0 N–H and O–H groups in total. The minimum absolute atomic E-state index is 0.585. The van der Waals surface area contributed by atoms with Crippen LogP contribution in [0, 0.1) is 0 Å². The molecule has 0 spiro atoms. The Labute approximate surface area is 144 Å². The van der Waals surface area contributed by atoms with Crippen molar-refractivity contribution in [2.45, 2.75) is 19.5 Å². The molecule has 0 saturated carbocycles. The van der Waals surface area contributed by atoms with Crippen LogP contribution in [0.4, 0.5) is 0 Å². The Kier molecular flexibility index (Phi) is 3.97. The summed E-state index contributed by atoms with van der Waals surface area (Å²) >= 11 is 8.29. The monoisotopic (exact) mass is 344 g/mol. The van der Waals surface area contributed by atoms with Crippen molar-refractivity contribution in [3.8, 4) is 5.75 Å². The van der Waals surface area contributed by atoms with E-state index in [1.54, 1.807) is 7.11 Å². The number of aromatic nitrogens is 1. The average Bonchev–Trinajstić information content (AvgIpc) is 3.03. The lowest BCUT2D eigenvalue weighted by Crippen LogP contribution is -2.29. The molecule has 0 saturated heterocycles. The fourth-order valence-electron chi connectivity index (χ4n) is 3.09. The van der Waals surface area contributed by atoms with Gasteiger partial charge >= 0.3 is 0 Å². The van der Waals surface area contributed by atoms with Gasteiger partial charge in [-0.05, 0) is 41.6 Å². The second-order valence-electron chi connectivity index (χ2n) is 5.83. The fraction of sp³-hybridized carbons (Fsp3) is 0.278.